The van der Waals surface area contributed by atoms with Gasteiger partial charge in [-0.3, -0.25) is 5.41 Å². The lowest BCUT2D eigenvalue weighted by atomic mass is 10.1. The Balaban J connectivity index is 2.51. The Morgan fingerprint density at radius 3 is 2.75 bits per heavy atom. The Hall–Kier alpha value is -1.96. The fourth-order valence-corrected chi connectivity index (χ4v) is 2.30. The van der Waals surface area contributed by atoms with Gasteiger partial charge >= 0.3 is 0 Å². The molecule has 3 atom stereocenters. The van der Waals surface area contributed by atoms with Crippen molar-refractivity contribution in [3.63, 3.8) is 0 Å². The summed E-state index contributed by atoms with van der Waals surface area (Å²) in [7, 11) is 0. The molecule has 0 bridgehead atoms. The molecule has 0 aliphatic heterocycles. The predicted molar refractivity (Wildman–Crippen MR) is 74.8 cm³/mol. The molecule has 7 nitrogen and oxygen atoms in total. The number of nitrogen functional groups attached to an aromatic ring is 1. The molecule has 20 heavy (non-hydrogen) atoms. The number of nitrogens with one attached hydrogen (secondary N) is 1. The number of hydrogen-bond donors (Lipinski definition) is 5. The third-order valence-corrected chi connectivity index (χ3v) is 3.32. The van der Waals surface area contributed by atoms with Crippen LogP contribution < -0.4 is 5.73 Å². The van der Waals surface area contributed by atoms with Gasteiger partial charge in [0.2, 0.25) is 0 Å². The lowest BCUT2D eigenvalue weighted by Gasteiger charge is -2.17. The molecule has 0 saturated heterocycles. The number of nitrogens with two attached hydrogens (primary N) is 1. The summed E-state index contributed by atoms with van der Waals surface area (Å²) in [6.45, 7) is 1.56. The van der Waals surface area contributed by atoms with Crippen LogP contribution in [-0.4, -0.2) is 49.5 Å². The van der Waals surface area contributed by atoms with Gasteiger partial charge in [-0.2, -0.15) is 0 Å². The van der Waals surface area contributed by atoms with E-state index in [9.17, 15) is 15.3 Å². The van der Waals surface area contributed by atoms with Gasteiger partial charge in [-0.1, -0.05) is 12.2 Å². The van der Waals surface area contributed by atoms with Gasteiger partial charge < -0.3 is 25.6 Å². The van der Waals surface area contributed by atoms with E-state index >= 15 is 0 Å². The Bertz CT molecular complexity index is 576. The second-order valence-electron chi connectivity index (χ2n) is 4.64. The standard InChI is InChI=1S/C13H18N4O3/c1-2-3-8-10(13(14)15)16-6-17(8)9-4-7(5-18)11(19)12(9)20/h2-4,6-7,11-12,18-20H,5H2,1H3,(H3,14,15)/b3-2-/t7-,11-,12+/m1/s1. The van der Waals surface area contributed by atoms with Crippen molar-refractivity contribution in [3.8, 4) is 0 Å². The first-order valence-corrected chi connectivity index (χ1v) is 6.24. The molecule has 1 aromatic rings. The SMILES string of the molecule is C/C=C\c1c(C(=N)N)ncn1C1=C[C@H](CO)[C@@H](O)[C@H]1O. The third-order valence-electron chi connectivity index (χ3n) is 3.32. The minimum absolute atomic E-state index is 0.177. The molecular weight excluding hydrogens is 260 g/mol. The van der Waals surface area contributed by atoms with Crippen LogP contribution in [0.15, 0.2) is 18.5 Å². The Labute approximate surface area is 116 Å². The van der Waals surface area contributed by atoms with Crippen molar-refractivity contribution < 1.29 is 15.3 Å². The lowest BCUT2D eigenvalue weighted by molar-refractivity contribution is 0.0198. The largest absolute Gasteiger partial charge is 0.396 e. The average Bonchev–Trinajstić information content (AvgIpc) is 2.94. The summed E-state index contributed by atoms with van der Waals surface area (Å²) < 4.78 is 1.57. The highest BCUT2D eigenvalue weighted by Crippen LogP contribution is 2.30. The molecular formula is C13H18N4O3. The number of hydrogen-bond acceptors (Lipinski definition) is 5. The van der Waals surface area contributed by atoms with Crippen LogP contribution in [-0.2, 0) is 0 Å². The van der Waals surface area contributed by atoms with E-state index in [0.717, 1.165) is 0 Å². The van der Waals surface area contributed by atoms with Crippen molar-refractivity contribution in [3.05, 3.63) is 29.9 Å². The highest BCUT2D eigenvalue weighted by atomic mass is 16.3. The first-order valence-electron chi connectivity index (χ1n) is 6.24. The molecule has 0 radical (unpaired) electrons. The van der Waals surface area contributed by atoms with Gasteiger partial charge in [-0.15, -0.1) is 0 Å². The van der Waals surface area contributed by atoms with Crippen LogP contribution >= 0.6 is 0 Å². The molecule has 0 spiro atoms. The monoisotopic (exact) mass is 278 g/mol. The van der Waals surface area contributed by atoms with Gasteiger partial charge in [-0.05, 0) is 13.0 Å². The summed E-state index contributed by atoms with van der Waals surface area (Å²) in [6.07, 6.45) is 4.35. The molecule has 0 fully saturated rings. The molecule has 6 N–H and O–H groups in total. The summed E-state index contributed by atoms with van der Waals surface area (Å²) in [5.74, 6) is -0.703. The summed E-state index contributed by atoms with van der Waals surface area (Å²) in [4.78, 5) is 4.06. The molecule has 1 heterocycles. The van der Waals surface area contributed by atoms with Gasteiger partial charge in [0.25, 0.3) is 0 Å². The van der Waals surface area contributed by atoms with Crippen molar-refractivity contribution >= 4 is 17.6 Å². The van der Waals surface area contributed by atoms with Crippen LogP contribution in [0.25, 0.3) is 11.8 Å². The number of aromatic nitrogens is 2. The fourth-order valence-electron chi connectivity index (χ4n) is 2.30. The van der Waals surface area contributed by atoms with E-state index in [1.807, 2.05) is 6.92 Å². The van der Waals surface area contributed by atoms with Crippen molar-refractivity contribution in [2.75, 3.05) is 6.61 Å². The number of imidazole rings is 1. The molecule has 108 valence electrons. The highest BCUT2D eigenvalue weighted by molar-refractivity contribution is 5.96. The average molecular weight is 278 g/mol. The van der Waals surface area contributed by atoms with Crippen molar-refractivity contribution in [2.24, 2.45) is 11.7 Å². The predicted octanol–water partition coefficient (Wildman–Crippen LogP) is -0.615. The number of aliphatic hydroxyl groups excluding tert-OH is 3. The first-order chi connectivity index (χ1) is 9.51. The molecule has 1 aliphatic rings. The maximum atomic E-state index is 10.1. The van der Waals surface area contributed by atoms with E-state index < -0.39 is 18.1 Å². The van der Waals surface area contributed by atoms with Crippen molar-refractivity contribution in [2.45, 2.75) is 19.1 Å². The topological polar surface area (TPSA) is 128 Å². The number of aliphatic hydroxyl groups is 3. The molecule has 0 unspecified atom stereocenters. The minimum atomic E-state index is -1.12. The normalized spacial score (nSPS) is 26.2. The number of allylic oxidation sites excluding steroid dienone is 1. The second-order valence-corrected chi connectivity index (χ2v) is 4.64. The number of amidine groups is 1. The summed E-state index contributed by atoms with van der Waals surface area (Å²) in [5.41, 5.74) is 6.75. The van der Waals surface area contributed by atoms with Crippen LogP contribution in [0.5, 0.6) is 0 Å². The molecule has 0 amide bonds. The first kappa shape index (κ1) is 14.4. The van der Waals surface area contributed by atoms with Crippen LogP contribution in [0.2, 0.25) is 0 Å². The quantitative estimate of drug-likeness (QED) is 0.370. The minimum Gasteiger partial charge on any atom is -0.396 e. The number of nitrogens with zero attached hydrogens (tertiary/aromatic N) is 2. The maximum Gasteiger partial charge on any atom is 0.144 e. The van der Waals surface area contributed by atoms with E-state index in [0.29, 0.717) is 17.1 Å². The van der Waals surface area contributed by atoms with E-state index in [1.54, 1.807) is 22.8 Å². The Morgan fingerprint density at radius 1 is 1.55 bits per heavy atom. The molecule has 1 aliphatic carbocycles. The summed E-state index contributed by atoms with van der Waals surface area (Å²) in [6, 6.07) is 0. The second kappa shape index (κ2) is 5.58. The van der Waals surface area contributed by atoms with Crippen LogP contribution in [0.3, 0.4) is 0 Å². The third kappa shape index (κ3) is 2.26. The van der Waals surface area contributed by atoms with Gasteiger partial charge in [0.15, 0.2) is 0 Å². The van der Waals surface area contributed by atoms with E-state index in [-0.39, 0.29) is 12.4 Å². The Morgan fingerprint density at radius 2 is 2.25 bits per heavy atom. The van der Waals surface area contributed by atoms with Gasteiger partial charge in [0.05, 0.1) is 24.1 Å². The fraction of sp³-hybridized carbons (Fsp3) is 0.385. The van der Waals surface area contributed by atoms with Crippen LogP contribution in [0.4, 0.5) is 0 Å². The van der Waals surface area contributed by atoms with Gasteiger partial charge in [-0.25, -0.2) is 4.98 Å². The van der Waals surface area contributed by atoms with Crippen LogP contribution in [0.1, 0.15) is 18.3 Å². The van der Waals surface area contributed by atoms with E-state index in [4.69, 9.17) is 11.1 Å². The Kier molecular flexibility index (Phi) is 4.03. The molecule has 0 saturated carbocycles. The summed E-state index contributed by atoms with van der Waals surface area (Å²) in [5, 5.41) is 36.6. The van der Waals surface area contributed by atoms with Gasteiger partial charge in [0.1, 0.15) is 24.0 Å². The highest BCUT2D eigenvalue weighted by Gasteiger charge is 2.36. The van der Waals surface area contributed by atoms with Gasteiger partial charge in [0, 0.05) is 5.92 Å². The van der Waals surface area contributed by atoms with E-state index in [2.05, 4.69) is 4.98 Å². The molecule has 2 rings (SSSR count). The van der Waals surface area contributed by atoms with Crippen molar-refractivity contribution in [1.29, 1.82) is 5.41 Å². The zero-order valence-corrected chi connectivity index (χ0v) is 11.1. The molecule has 0 aromatic carbocycles. The van der Waals surface area contributed by atoms with Crippen molar-refractivity contribution in [1.82, 2.24) is 9.55 Å². The maximum absolute atomic E-state index is 10.1. The number of rotatable bonds is 4. The zero-order valence-electron chi connectivity index (χ0n) is 11.1. The summed E-state index contributed by atoms with van der Waals surface area (Å²) >= 11 is 0. The smallest absolute Gasteiger partial charge is 0.144 e. The molecule has 7 heteroatoms. The van der Waals surface area contributed by atoms with Crippen LogP contribution in [0, 0.1) is 11.3 Å². The van der Waals surface area contributed by atoms with E-state index in [1.165, 1.54) is 6.33 Å². The lowest BCUT2D eigenvalue weighted by Crippen LogP contribution is -2.30. The molecule has 1 aromatic heterocycles. The zero-order chi connectivity index (χ0) is 14.9.